The molecule has 0 aliphatic carbocycles. The minimum absolute atomic E-state index is 0.378. The van der Waals surface area contributed by atoms with Gasteiger partial charge >= 0.3 is 0 Å². The predicted octanol–water partition coefficient (Wildman–Crippen LogP) is 12.0. The maximum atomic E-state index is 9.12. The van der Waals surface area contributed by atoms with Crippen LogP contribution < -0.4 is 0 Å². The third-order valence-corrected chi connectivity index (χ3v) is 10.5. The van der Waals surface area contributed by atoms with Crippen molar-refractivity contribution in [2.45, 2.75) is 0 Å². The first kappa shape index (κ1) is 26.5. The molecular weight excluding hydrogens is 629 g/mol. The van der Waals surface area contributed by atoms with Crippen molar-refractivity contribution in [3.8, 4) is 51.0 Å². The molecule has 50 heavy (non-hydrogen) atoms. The molecule has 3 heterocycles. The number of nitrogens with zero attached hydrogens (tertiary/aromatic N) is 4. The first-order valence-corrected chi connectivity index (χ1v) is 17.4. The Bertz CT molecular complexity index is 2870. The predicted molar refractivity (Wildman–Crippen MR) is 209 cm³/mol. The van der Waals surface area contributed by atoms with Crippen molar-refractivity contribution >= 4 is 53.3 Å². The van der Waals surface area contributed by atoms with E-state index in [4.69, 9.17) is 17.7 Å². The van der Waals surface area contributed by atoms with Crippen molar-refractivity contribution in [3.63, 3.8) is 0 Å². The quantitative estimate of drug-likeness (QED) is 0.185. The average Bonchev–Trinajstić information content (AvgIpc) is 3.76. The second-order valence-corrected chi connectivity index (χ2v) is 13.3. The highest BCUT2D eigenvalue weighted by molar-refractivity contribution is 7.26. The van der Waals surface area contributed by atoms with Gasteiger partial charge in [0.25, 0.3) is 0 Å². The standard InChI is InChI=1S/C45H28N4S/c1-3-14-29(15-4-1)43-46-44(30-16-5-2-6-17-30)48-45(47-43)37-28-31(32-21-13-22-36-35-20-9-12-25-41(35)50-42(32)36)26-27-40(37)49-38-23-10-7-18-33(38)34-19-8-11-24-39(34)49/h1-28H/i23D,24D. The molecule has 0 aliphatic heterocycles. The minimum atomic E-state index is 0.378. The smallest absolute Gasteiger partial charge is 0.166 e. The van der Waals surface area contributed by atoms with E-state index in [-0.39, 0.29) is 0 Å². The lowest BCUT2D eigenvalue weighted by molar-refractivity contribution is 1.06. The minimum Gasteiger partial charge on any atom is -0.309 e. The van der Waals surface area contributed by atoms with Gasteiger partial charge in [-0.2, -0.15) is 0 Å². The summed E-state index contributed by atoms with van der Waals surface area (Å²) in [4.78, 5) is 15.3. The lowest BCUT2D eigenvalue weighted by Gasteiger charge is -2.16. The fraction of sp³-hybridized carbons (Fsp3) is 0. The van der Waals surface area contributed by atoms with Crippen LogP contribution in [0.1, 0.15) is 2.74 Å². The van der Waals surface area contributed by atoms with Gasteiger partial charge in [0.05, 0.1) is 19.5 Å². The topological polar surface area (TPSA) is 43.6 Å². The van der Waals surface area contributed by atoms with E-state index < -0.39 is 0 Å². The van der Waals surface area contributed by atoms with Gasteiger partial charge in [-0.1, -0.05) is 140 Å². The van der Waals surface area contributed by atoms with E-state index in [0.717, 1.165) is 55.3 Å². The summed E-state index contributed by atoms with van der Waals surface area (Å²) in [6.07, 6.45) is 0. The van der Waals surface area contributed by atoms with Crippen LogP contribution in [0.25, 0.3) is 93.0 Å². The van der Waals surface area contributed by atoms with Gasteiger partial charge in [-0.05, 0) is 41.4 Å². The van der Waals surface area contributed by atoms with Crippen LogP contribution in [0.15, 0.2) is 170 Å². The fourth-order valence-electron chi connectivity index (χ4n) is 6.99. The number of thiophene rings is 1. The molecule has 0 radical (unpaired) electrons. The number of rotatable bonds is 5. The second-order valence-electron chi connectivity index (χ2n) is 12.3. The maximum absolute atomic E-state index is 9.12. The molecule has 10 aromatic rings. The number of hydrogen-bond acceptors (Lipinski definition) is 4. The second kappa shape index (κ2) is 11.6. The first-order chi connectivity index (χ1) is 25.6. The van der Waals surface area contributed by atoms with Crippen LogP contribution in [0.2, 0.25) is 0 Å². The zero-order valence-corrected chi connectivity index (χ0v) is 27.5. The summed E-state index contributed by atoms with van der Waals surface area (Å²) in [5.41, 5.74) is 6.95. The number of aromatic nitrogens is 4. The summed E-state index contributed by atoms with van der Waals surface area (Å²) < 4.78 is 22.8. The highest BCUT2D eigenvalue weighted by Crippen LogP contribution is 2.42. The van der Waals surface area contributed by atoms with Gasteiger partial charge in [-0.25, -0.2) is 15.0 Å². The van der Waals surface area contributed by atoms with Gasteiger partial charge in [0, 0.05) is 47.6 Å². The molecular formula is C45H28N4S. The number of para-hydroxylation sites is 2. The molecule has 0 saturated carbocycles. The Morgan fingerprint density at radius 3 is 1.68 bits per heavy atom. The molecule has 10 rings (SSSR count). The molecule has 0 spiro atoms. The third kappa shape index (κ3) is 4.63. The highest BCUT2D eigenvalue weighted by atomic mass is 32.1. The van der Waals surface area contributed by atoms with Gasteiger partial charge in [0.15, 0.2) is 17.5 Å². The first-order valence-electron chi connectivity index (χ1n) is 17.5. The van der Waals surface area contributed by atoms with E-state index in [2.05, 4.69) is 65.2 Å². The lowest BCUT2D eigenvalue weighted by Crippen LogP contribution is -2.04. The molecule has 0 amide bonds. The van der Waals surface area contributed by atoms with Crippen molar-refractivity contribution in [1.82, 2.24) is 19.5 Å². The molecule has 0 aliphatic rings. The van der Waals surface area contributed by atoms with E-state index in [1.165, 1.54) is 20.2 Å². The third-order valence-electron chi connectivity index (χ3n) is 9.30. The molecule has 0 fully saturated rings. The summed E-state index contributed by atoms with van der Waals surface area (Å²) in [6, 6.07) is 53.7. The Hall–Kier alpha value is -6.43. The van der Waals surface area contributed by atoms with Crippen LogP contribution >= 0.6 is 11.3 Å². The zero-order valence-electron chi connectivity index (χ0n) is 28.7. The van der Waals surface area contributed by atoms with Crippen molar-refractivity contribution in [3.05, 3.63) is 170 Å². The Kier molecular flexibility index (Phi) is 6.16. The van der Waals surface area contributed by atoms with Crippen LogP contribution in [0.3, 0.4) is 0 Å². The van der Waals surface area contributed by atoms with Gasteiger partial charge in [0.2, 0.25) is 0 Å². The van der Waals surface area contributed by atoms with Crippen molar-refractivity contribution in [1.29, 1.82) is 0 Å². The van der Waals surface area contributed by atoms with E-state index in [1.807, 2.05) is 97.1 Å². The fourth-order valence-corrected chi connectivity index (χ4v) is 8.23. The molecule has 0 unspecified atom stereocenters. The summed E-state index contributed by atoms with van der Waals surface area (Å²) in [6.45, 7) is 0. The Balaban J connectivity index is 1.32. The number of fused-ring (bicyclic) bond motifs is 6. The SMILES string of the molecule is [2H]c1cccc2c3cccc([2H])c3n(-c3ccc(-c4cccc5c4sc4ccccc45)cc3-c3nc(-c4ccccc4)nc(-c4ccccc4)n3)c12. The lowest BCUT2D eigenvalue weighted by atomic mass is 9.99. The largest absolute Gasteiger partial charge is 0.309 e. The molecule has 0 bridgehead atoms. The molecule has 4 nitrogen and oxygen atoms in total. The molecule has 0 N–H and O–H groups in total. The van der Waals surface area contributed by atoms with E-state index >= 15 is 0 Å². The molecule has 3 aromatic heterocycles. The Labute approximate surface area is 295 Å². The zero-order chi connectivity index (χ0) is 34.8. The van der Waals surface area contributed by atoms with Crippen LogP contribution in [0, 0.1) is 0 Å². The van der Waals surface area contributed by atoms with E-state index in [0.29, 0.717) is 29.6 Å². The van der Waals surface area contributed by atoms with Gasteiger partial charge < -0.3 is 4.57 Å². The van der Waals surface area contributed by atoms with Gasteiger partial charge in [-0.15, -0.1) is 11.3 Å². The summed E-state index contributed by atoms with van der Waals surface area (Å²) in [5.74, 6) is 1.64. The monoisotopic (exact) mass is 658 g/mol. The molecule has 5 heteroatoms. The summed E-state index contributed by atoms with van der Waals surface area (Å²) >= 11 is 1.80. The molecule has 234 valence electrons. The van der Waals surface area contributed by atoms with Crippen molar-refractivity contribution in [2.24, 2.45) is 0 Å². The highest BCUT2D eigenvalue weighted by Gasteiger charge is 2.21. The van der Waals surface area contributed by atoms with Gasteiger partial charge in [0.1, 0.15) is 0 Å². The van der Waals surface area contributed by atoms with E-state index in [1.54, 1.807) is 11.3 Å². The normalized spacial score (nSPS) is 12.2. The van der Waals surface area contributed by atoms with Crippen LogP contribution in [-0.4, -0.2) is 19.5 Å². The van der Waals surface area contributed by atoms with Crippen molar-refractivity contribution in [2.75, 3.05) is 0 Å². The number of benzene rings is 7. The number of hydrogen-bond donors (Lipinski definition) is 0. The average molecular weight is 659 g/mol. The van der Waals surface area contributed by atoms with Gasteiger partial charge in [-0.3, -0.25) is 0 Å². The summed E-state index contributed by atoms with van der Waals surface area (Å²) in [5, 5.41) is 4.32. The van der Waals surface area contributed by atoms with Crippen LogP contribution in [-0.2, 0) is 0 Å². The maximum Gasteiger partial charge on any atom is 0.166 e. The van der Waals surface area contributed by atoms with Crippen molar-refractivity contribution < 1.29 is 2.74 Å². The molecule has 0 saturated heterocycles. The summed E-state index contributed by atoms with van der Waals surface area (Å²) in [7, 11) is 0. The van der Waals surface area contributed by atoms with Crippen LogP contribution in [0.5, 0.6) is 0 Å². The Morgan fingerprint density at radius 1 is 0.440 bits per heavy atom. The van der Waals surface area contributed by atoms with E-state index in [9.17, 15) is 0 Å². The van der Waals surface area contributed by atoms with Crippen LogP contribution in [0.4, 0.5) is 0 Å². The Morgan fingerprint density at radius 2 is 1.00 bits per heavy atom. The molecule has 7 aromatic carbocycles. The molecule has 0 atom stereocenters.